The minimum atomic E-state index is -0.825. The van der Waals surface area contributed by atoms with E-state index in [0.717, 1.165) is 89.9 Å². The smallest absolute Gasteiger partial charge is 0.306 e. The third-order valence-electron chi connectivity index (χ3n) is 8.31. The van der Waals surface area contributed by atoms with Crippen LogP contribution in [0, 0.1) is 0 Å². The van der Waals surface area contributed by atoms with E-state index in [0.29, 0.717) is 19.3 Å². The molecular formula is C48H76O6. The van der Waals surface area contributed by atoms with Crippen LogP contribution in [0.3, 0.4) is 0 Å². The molecule has 6 nitrogen and oxygen atoms in total. The van der Waals surface area contributed by atoms with Crippen molar-refractivity contribution in [1.29, 1.82) is 0 Å². The van der Waals surface area contributed by atoms with E-state index in [1.165, 1.54) is 25.7 Å². The first-order valence-electron chi connectivity index (χ1n) is 21.2. The zero-order valence-corrected chi connectivity index (χ0v) is 34.4. The normalized spacial score (nSPS) is 13.0. The van der Waals surface area contributed by atoms with Crippen molar-refractivity contribution in [2.75, 3.05) is 13.2 Å². The lowest BCUT2D eigenvalue weighted by Gasteiger charge is -2.18. The number of allylic oxidation sites excluding steroid dienone is 16. The summed E-state index contributed by atoms with van der Waals surface area (Å²) in [5, 5.41) is 0. The van der Waals surface area contributed by atoms with Crippen LogP contribution in [0.5, 0.6) is 0 Å². The van der Waals surface area contributed by atoms with E-state index in [-0.39, 0.29) is 44.0 Å². The van der Waals surface area contributed by atoms with Crippen LogP contribution in [0.1, 0.15) is 168 Å². The van der Waals surface area contributed by atoms with Gasteiger partial charge in [0.05, 0.1) is 0 Å². The number of unbranched alkanes of at least 4 members (excludes halogenated alkanes) is 9. The Morgan fingerprint density at radius 2 is 0.685 bits per heavy atom. The van der Waals surface area contributed by atoms with Gasteiger partial charge in [0.15, 0.2) is 6.10 Å². The summed E-state index contributed by atoms with van der Waals surface area (Å²) in [6.07, 6.45) is 54.1. The monoisotopic (exact) mass is 749 g/mol. The van der Waals surface area contributed by atoms with E-state index in [2.05, 4.69) is 118 Å². The van der Waals surface area contributed by atoms with Crippen LogP contribution in [-0.4, -0.2) is 37.2 Å². The predicted octanol–water partition coefficient (Wildman–Crippen LogP) is 13.5. The Labute approximate surface area is 330 Å². The van der Waals surface area contributed by atoms with Gasteiger partial charge in [0.25, 0.3) is 0 Å². The molecule has 0 amide bonds. The molecule has 0 radical (unpaired) electrons. The highest BCUT2D eigenvalue weighted by Crippen LogP contribution is 2.12. The summed E-state index contributed by atoms with van der Waals surface area (Å²) < 4.78 is 16.5. The van der Waals surface area contributed by atoms with Crippen molar-refractivity contribution in [2.45, 2.75) is 175 Å². The van der Waals surface area contributed by atoms with E-state index in [4.69, 9.17) is 14.2 Å². The lowest BCUT2D eigenvalue weighted by Crippen LogP contribution is -2.30. The molecule has 0 aliphatic rings. The minimum absolute atomic E-state index is 0.120. The molecule has 6 heteroatoms. The molecule has 0 aromatic heterocycles. The van der Waals surface area contributed by atoms with Gasteiger partial charge in [0.1, 0.15) is 13.2 Å². The van der Waals surface area contributed by atoms with Gasteiger partial charge in [-0.05, 0) is 96.3 Å². The van der Waals surface area contributed by atoms with E-state index < -0.39 is 6.10 Å². The molecule has 1 atom stereocenters. The van der Waals surface area contributed by atoms with Crippen molar-refractivity contribution < 1.29 is 28.6 Å². The number of carbonyl (C=O) groups is 3. The summed E-state index contributed by atoms with van der Waals surface area (Å²) in [5.41, 5.74) is 0. The summed E-state index contributed by atoms with van der Waals surface area (Å²) in [7, 11) is 0. The first kappa shape index (κ1) is 50.3. The summed E-state index contributed by atoms with van der Waals surface area (Å²) in [4.78, 5) is 37.6. The molecule has 0 aliphatic carbocycles. The third-order valence-corrected chi connectivity index (χ3v) is 8.31. The molecular weight excluding hydrogens is 673 g/mol. The Morgan fingerprint density at radius 3 is 1.11 bits per heavy atom. The van der Waals surface area contributed by atoms with Crippen LogP contribution in [0.2, 0.25) is 0 Å². The lowest BCUT2D eigenvalue weighted by molar-refractivity contribution is -0.167. The Morgan fingerprint density at radius 1 is 0.370 bits per heavy atom. The summed E-state index contributed by atoms with van der Waals surface area (Å²) in [6, 6.07) is 0. The van der Waals surface area contributed by atoms with Crippen LogP contribution in [0.15, 0.2) is 97.2 Å². The van der Waals surface area contributed by atoms with Crippen LogP contribution >= 0.6 is 0 Å². The average molecular weight is 749 g/mol. The first-order valence-corrected chi connectivity index (χ1v) is 21.2. The fraction of sp³-hybridized carbons (Fsp3) is 0.604. The highest BCUT2D eigenvalue weighted by Gasteiger charge is 2.19. The van der Waals surface area contributed by atoms with E-state index in [1.54, 1.807) is 0 Å². The molecule has 0 aliphatic heterocycles. The molecule has 0 aromatic rings. The van der Waals surface area contributed by atoms with Crippen LogP contribution < -0.4 is 0 Å². The molecule has 0 saturated carbocycles. The Kier molecular flexibility index (Phi) is 39.2. The van der Waals surface area contributed by atoms with Gasteiger partial charge in [-0.3, -0.25) is 14.4 Å². The van der Waals surface area contributed by atoms with Crippen LogP contribution in [0.4, 0.5) is 0 Å². The van der Waals surface area contributed by atoms with E-state index in [9.17, 15) is 14.4 Å². The molecule has 0 spiro atoms. The molecule has 0 N–H and O–H groups in total. The Bertz CT molecular complexity index is 1140. The quantitative estimate of drug-likeness (QED) is 0.0275. The second-order valence-electron chi connectivity index (χ2n) is 13.5. The molecule has 0 fully saturated rings. The van der Waals surface area contributed by atoms with Crippen molar-refractivity contribution >= 4 is 17.9 Å². The molecule has 304 valence electrons. The molecule has 0 bridgehead atoms. The molecule has 0 aromatic carbocycles. The maximum absolute atomic E-state index is 12.6. The summed E-state index contributed by atoms with van der Waals surface area (Å²) >= 11 is 0. The molecule has 54 heavy (non-hydrogen) atoms. The van der Waals surface area contributed by atoms with E-state index in [1.807, 2.05) is 0 Å². The highest BCUT2D eigenvalue weighted by atomic mass is 16.6. The zero-order chi connectivity index (χ0) is 39.4. The van der Waals surface area contributed by atoms with Crippen molar-refractivity contribution in [3.8, 4) is 0 Å². The standard InChI is InChI=1S/C48H76O6/c1-4-7-10-13-16-19-22-23-24-27-29-32-35-38-41-47(50)53-44-45(54-48(51)42-39-36-33-30-26-21-18-15-12-9-6-3)43-52-46(49)40-37-34-31-28-25-20-17-14-11-8-5-2/h7-12,16-21,28,30-31,33,45H,4-6,13-15,22-27,29,32,34-44H2,1-3H3/b10-7-,11-8-,12-9-,19-16-,20-17-,21-18-,31-28-,33-30-. The molecule has 0 heterocycles. The first-order chi connectivity index (χ1) is 26.5. The number of hydrogen-bond acceptors (Lipinski definition) is 6. The highest BCUT2D eigenvalue weighted by molar-refractivity contribution is 5.71. The van der Waals surface area contributed by atoms with Crippen molar-refractivity contribution in [3.63, 3.8) is 0 Å². The van der Waals surface area contributed by atoms with Crippen molar-refractivity contribution in [3.05, 3.63) is 97.2 Å². The SMILES string of the molecule is CC/C=C\C/C=C\C/C=C\CCCC(=O)OCC(COC(=O)CCCCCCCCC/C=C\C/C=C\CC)OC(=O)CCC/C=C\C/C=C\C/C=C\CC. The molecule has 1 unspecified atom stereocenters. The largest absolute Gasteiger partial charge is 0.462 e. The van der Waals surface area contributed by atoms with Crippen molar-refractivity contribution in [1.82, 2.24) is 0 Å². The van der Waals surface area contributed by atoms with Gasteiger partial charge in [-0.2, -0.15) is 0 Å². The predicted molar refractivity (Wildman–Crippen MR) is 228 cm³/mol. The number of hydrogen-bond donors (Lipinski definition) is 0. The topological polar surface area (TPSA) is 78.9 Å². The van der Waals surface area contributed by atoms with Gasteiger partial charge in [-0.15, -0.1) is 0 Å². The lowest BCUT2D eigenvalue weighted by atomic mass is 10.1. The Hall–Kier alpha value is -3.67. The number of esters is 3. The third kappa shape index (κ3) is 39.5. The van der Waals surface area contributed by atoms with Gasteiger partial charge in [0, 0.05) is 19.3 Å². The van der Waals surface area contributed by atoms with Crippen LogP contribution in [-0.2, 0) is 28.6 Å². The van der Waals surface area contributed by atoms with Gasteiger partial charge in [-0.1, -0.05) is 150 Å². The zero-order valence-electron chi connectivity index (χ0n) is 34.4. The van der Waals surface area contributed by atoms with Crippen molar-refractivity contribution in [2.24, 2.45) is 0 Å². The maximum atomic E-state index is 12.6. The summed E-state index contributed by atoms with van der Waals surface area (Å²) in [5.74, 6) is -1.05. The van der Waals surface area contributed by atoms with Gasteiger partial charge in [-0.25, -0.2) is 0 Å². The van der Waals surface area contributed by atoms with Gasteiger partial charge < -0.3 is 14.2 Å². The van der Waals surface area contributed by atoms with Crippen LogP contribution in [0.25, 0.3) is 0 Å². The van der Waals surface area contributed by atoms with Gasteiger partial charge >= 0.3 is 17.9 Å². The van der Waals surface area contributed by atoms with Gasteiger partial charge in [0.2, 0.25) is 0 Å². The summed E-state index contributed by atoms with van der Waals surface area (Å²) in [6.45, 7) is 6.15. The van der Waals surface area contributed by atoms with E-state index >= 15 is 0 Å². The number of carbonyl (C=O) groups excluding carboxylic acids is 3. The maximum Gasteiger partial charge on any atom is 0.306 e. The minimum Gasteiger partial charge on any atom is -0.462 e. The fourth-order valence-electron chi connectivity index (χ4n) is 5.23. The number of ether oxygens (including phenoxy) is 3. The molecule has 0 saturated heterocycles. The fourth-order valence-corrected chi connectivity index (χ4v) is 5.23. The Balaban J connectivity index is 4.52. The second-order valence-corrected chi connectivity index (χ2v) is 13.5. The average Bonchev–Trinajstić information content (AvgIpc) is 3.17. The second kappa shape index (κ2) is 42.1. The molecule has 0 rings (SSSR count). The number of rotatable bonds is 36.